The molecular weight excluding hydrogens is 404 g/mol. The van der Waals surface area contributed by atoms with Crippen molar-refractivity contribution in [2.75, 3.05) is 16.8 Å². The maximum Gasteiger partial charge on any atom is 0.253 e. The van der Waals surface area contributed by atoms with Crippen molar-refractivity contribution >= 4 is 23.3 Å². The fourth-order valence-electron chi connectivity index (χ4n) is 4.12. The molecule has 32 heavy (non-hydrogen) atoms. The molecule has 2 aliphatic heterocycles. The standard InChI is InChI=1S/C25H24N4O3/c1-16-9-19-10-18(7-8-22(19)32-16)12-28-25(31)20-11-21-24(26-13-20)27-14-23(30)29(21)15-17-5-3-2-4-6-17/h2-8,10-11,13,16H,9,12,14-15H2,1H3,(H,26,27)(H,28,31). The van der Waals surface area contributed by atoms with E-state index in [0.717, 1.165) is 23.3 Å². The van der Waals surface area contributed by atoms with Gasteiger partial charge in [-0.3, -0.25) is 9.59 Å². The number of nitrogens with one attached hydrogen (secondary N) is 2. The first-order valence-electron chi connectivity index (χ1n) is 10.7. The van der Waals surface area contributed by atoms with Crippen LogP contribution in [-0.4, -0.2) is 29.4 Å². The fourth-order valence-corrected chi connectivity index (χ4v) is 4.12. The molecule has 0 saturated heterocycles. The van der Waals surface area contributed by atoms with Crippen molar-refractivity contribution in [2.24, 2.45) is 0 Å². The molecular formula is C25H24N4O3. The summed E-state index contributed by atoms with van der Waals surface area (Å²) in [4.78, 5) is 31.5. The van der Waals surface area contributed by atoms with Crippen molar-refractivity contribution in [3.05, 3.63) is 83.0 Å². The van der Waals surface area contributed by atoms with Crippen molar-refractivity contribution in [1.29, 1.82) is 0 Å². The summed E-state index contributed by atoms with van der Waals surface area (Å²) in [6.07, 6.45) is 2.60. The summed E-state index contributed by atoms with van der Waals surface area (Å²) in [5.74, 6) is 1.23. The first kappa shape index (κ1) is 20.1. The lowest BCUT2D eigenvalue weighted by Gasteiger charge is -2.29. The number of benzene rings is 2. The summed E-state index contributed by atoms with van der Waals surface area (Å²) in [6, 6.07) is 17.5. The molecule has 2 N–H and O–H groups in total. The van der Waals surface area contributed by atoms with Gasteiger partial charge < -0.3 is 20.3 Å². The zero-order valence-electron chi connectivity index (χ0n) is 17.8. The Labute approximate surface area is 186 Å². The Morgan fingerprint density at radius 3 is 2.88 bits per heavy atom. The first-order valence-corrected chi connectivity index (χ1v) is 10.7. The van der Waals surface area contributed by atoms with Crippen LogP contribution in [0.1, 0.15) is 34.0 Å². The lowest BCUT2D eigenvalue weighted by molar-refractivity contribution is -0.117. The highest BCUT2D eigenvalue weighted by Gasteiger charge is 2.26. The zero-order chi connectivity index (χ0) is 22.1. The van der Waals surface area contributed by atoms with Crippen molar-refractivity contribution in [3.8, 4) is 5.75 Å². The molecule has 2 amide bonds. The second-order valence-corrected chi connectivity index (χ2v) is 8.17. The maximum atomic E-state index is 12.8. The Hall–Kier alpha value is -3.87. The molecule has 7 heteroatoms. The van der Waals surface area contributed by atoms with Crippen LogP contribution in [0.2, 0.25) is 0 Å². The normalized spacial score (nSPS) is 16.6. The molecule has 162 valence electrons. The minimum Gasteiger partial charge on any atom is -0.490 e. The Morgan fingerprint density at radius 1 is 1.19 bits per heavy atom. The number of rotatable bonds is 5. The van der Waals surface area contributed by atoms with Crippen LogP contribution in [0.5, 0.6) is 5.75 Å². The molecule has 2 aromatic carbocycles. The highest BCUT2D eigenvalue weighted by Crippen LogP contribution is 2.31. The number of aromatic nitrogens is 1. The minimum absolute atomic E-state index is 0.0599. The second kappa shape index (κ2) is 8.34. The molecule has 0 fully saturated rings. The van der Waals surface area contributed by atoms with Crippen molar-refractivity contribution in [2.45, 2.75) is 32.5 Å². The van der Waals surface area contributed by atoms with E-state index in [4.69, 9.17) is 4.74 Å². The molecule has 1 atom stereocenters. The number of fused-ring (bicyclic) bond motifs is 2. The average Bonchev–Trinajstić information content (AvgIpc) is 3.19. The Balaban J connectivity index is 1.32. The van der Waals surface area contributed by atoms with Gasteiger partial charge in [0.1, 0.15) is 11.9 Å². The number of ether oxygens (including phenoxy) is 1. The first-order chi connectivity index (χ1) is 15.6. The molecule has 0 radical (unpaired) electrons. The number of carbonyl (C=O) groups excluding carboxylic acids is 2. The van der Waals surface area contributed by atoms with Gasteiger partial charge in [-0.15, -0.1) is 0 Å². The quantitative estimate of drug-likeness (QED) is 0.652. The third-order valence-electron chi connectivity index (χ3n) is 5.73. The number of hydrogen-bond acceptors (Lipinski definition) is 5. The molecule has 0 saturated carbocycles. The predicted octanol–water partition coefficient (Wildman–Crippen LogP) is 3.29. The summed E-state index contributed by atoms with van der Waals surface area (Å²) in [5.41, 5.74) is 4.22. The topological polar surface area (TPSA) is 83.6 Å². The predicted molar refractivity (Wildman–Crippen MR) is 122 cm³/mol. The van der Waals surface area contributed by atoms with Gasteiger partial charge in [-0.2, -0.15) is 0 Å². The van der Waals surface area contributed by atoms with Crippen LogP contribution >= 0.6 is 0 Å². The van der Waals surface area contributed by atoms with Crippen LogP contribution < -0.4 is 20.3 Å². The van der Waals surface area contributed by atoms with Crippen molar-refractivity contribution in [1.82, 2.24) is 10.3 Å². The van der Waals surface area contributed by atoms with Crippen LogP contribution in [0.15, 0.2) is 60.8 Å². The average molecular weight is 428 g/mol. The summed E-state index contributed by atoms with van der Waals surface area (Å²) in [6.45, 7) is 3.06. The van der Waals surface area contributed by atoms with E-state index in [0.29, 0.717) is 30.2 Å². The van der Waals surface area contributed by atoms with Gasteiger partial charge in [-0.25, -0.2) is 4.98 Å². The molecule has 5 rings (SSSR count). The van der Waals surface area contributed by atoms with Gasteiger partial charge in [-0.05, 0) is 35.7 Å². The maximum absolute atomic E-state index is 12.8. The molecule has 1 aromatic heterocycles. The van der Waals surface area contributed by atoms with E-state index in [9.17, 15) is 9.59 Å². The third kappa shape index (κ3) is 4.01. The summed E-state index contributed by atoms with van der Waals surface area (Å²) >= 11 is 0. The second-order valence-electron chi connectivity index (χ2n) is 8.17. The van der Waals surface area contributed by atoms with Crippen LogP contribution in [0.4, 0.5) is 11.5 Å². The van der Waals surface area contributed by atoms with Gasteiger partial charge in [0, 0.05) is 19.2 Å². The summed E-state index contributed by atoms with van der Waals surface area (Å²) in [7, 11) is 0. The van der Waals surface area contributed by atoms with E-state index in [2.05, 4.69) is 21.7 Å². The van der Waals surface area contributed by atoms with Crippen molar-refractivity contribution in [3.63, 3.8) is 0 Å². The molecule has 2 aliphatic rings. The molecule has 3 heterocycles. The third-order valence-corrected chi connectivity index (χ3v) is 5.73. The fraction of sp³-hybridized carbons (Fsp3) is 0.240. The van der Waals surface area contributed by atoms with Gasteiger partial charge in [0.15, 0.2) is 5.82 Å². The molecule has 7 nitrogen and oxygen atoms in total. The Kier molecular flexibility index (Phi) is 5.23. The number of pyridine rings is 1. The highest BCUT2D eigenvalue weighted by molar-refractivity contribution is 6.04. The van der Waals surface area contributed by atoms with E-state index in [1.165, 1.54) is 11.8 Å². The largest absolute Gasteiger partial charge is 0.490 e. The van der Waals surface area contributed by atoms with Gasteiger partial charge in [0.05, 0.1) is 24.3 Å². The van der Waals surface area contributed by atoms with E-state index in [-0.39, 0.29) is 24.5 Å². The van der Waals surface area contributed by atoms with E-state index in [1.807, 2.05) is 49.4 Å². The molecule has 0 spiro atoms. The molecule has 3 aromatic rings. The van der Waals surface area contributed by atoms with E-state index < -0.39 is 0 Å². The van der Waals surface area contributed by atoms with Crippen LogP contribution in [0.3, 0.4) is 0 Å². The van der Waals surface area contributed by atoms with Crippen LogP contribution in [0, 0.1) is 0 Å². The van der Waals surface area contributed by atoms with Crippen molar-refractivity contribution < 1.29 is 14.3 Å². The zero-order valence-corrected chi connectivity index (χ0v) is 17.8. The van der Waals surface area contributed by atoms with Gasteiger partial charge >= 0.3 is 0 Å². The number of amides is 2. The van der Waals surface area contributed by atoms with Gasteiger partial charge in [0.25, 0.3) is 5.91 Å². The Morgan fingerprint density at radius 2 is 2.03 bits per heavy atom. The monoisotopic (exact) mass is 428 g/mol. The Bertz CT molecular complexity index is 1180. The number of hydrogen-bond donors (Lipinski definition) is 2. The molecule has 1 unspecified atom stereocenters. The SMILES string of the molecule is CC1Cc2cc(CNC(=O)c3cnc4c(c3)N(Cc3ccccc3)C(=O)CN4)ccc2O1. The number of carbonyl (C=O) groups is 2. The van der Waals surface area contributed by atoms with Gasteiger partial charge in [0.2, 0.25) is 5.91 Å². The number of anilines is 2. The lowest BCUT2D eigenvalue weighted by Crippen LogP contribution is -2.40. The van der Waals surface area contributed by atoms with E-state index in [1.54, 1.807) is 11.0 Å². The highest BCUT2D eigenvalue weighted by atomic mass is 16.5. The molecule has 0 bridgehead atoms. The summed E-state index contributed by atoms with van der Waals surface area (Å²) < 4.78 is 5.74. The van der Waals surface area contributed by atoms with Crippen LogP contribution in [0.25, 0.3) is 0 Å². The molecule has 0 aliphatic carbocycles. The number of nitrogens with zero attached hydrogens (tertiary/aromatic N) is 2. The van der Waals surface area contributed by atoms with E-state index >= 15 is 0 Å². The lowest BCUT2D eigenvalue weighted by atomic mass is 10.1. The smallest absolute Gasteiger partial charge is 0.253 e. The minimum atomic E-state index is -0.233. The van der Waals surface area contributed by atoms with Crippen LogP contribution in [-0.2, 0) is 24.3 Å². The summed E-state index contributed by atoms with van der Waals surface area (Å²) in [5, 5.41) is 5.99. The van der Waals surface area contributed by atoms with Gasteiger partial charge in [-0.1, -0.05) is 42.5 Å².